The van der Waals surface area contributed by atoms with Crippen molar-refractivity contribution >= 4 is 121 Å². The number of hydrogen-bond donors (Lipinski definition) is 10. The highest BCUT2D eigenvalue weighted by molar-refractivity contribution is 5.97. The zero-order valence-corrected chi connectivity index (χ0v) is 63.1. The first-order valence-electron chi connectivity index (χ1n) is 32.4. The molecular weight excluding hydrogens is 1330 g/mol. The van der Waals surface area contributed by atoms with Crippen molar-refractivity contribution in [3.05, 3.63) is 197 Å². The first-order valence-corrected chi connectivity index (χ1v) is 32.4. The number of carbonyl (C=O) groups excluding carboxylic acids is 3. The van der Waals surface area contributed by atoms with Crippen LogP contribution in [-0.2, 0) is 19.1 Å². The van der Waals surface area contributed by atoms with Crippen LogP contribution in [0.5, 0.6) is 0 Å². The predicted octanol–water partition coefficient (Wildman–Crippen LogP) is 12.2. The van der Waals surface area contributed by atoms with Crippen LogP contribution in [0.3, 0.4) is 0 Å². The molecular formula is C75H96ClN21O6. The third kappa shape index (κ3) is 27.9. The molecule has 0 bridgehead atoms. The number of rotatable bonds is 8. The highest BCUT2D eigenvalue weighted by Crippen LogP contribution is 2.34. The number of aromatic nitrogens is 10. The lowest BCUT2D eigenvalue weighted by Crippen LogP contribution is -2.31. The van der Waals surface area contributed by atoms with Gasteiger partial charge in [-0.05, 0) is 208 Å². The van der Waals surface area contributed by atoms with Gasteiger partial charge in [-0.25, -0.2) is 39.9 Å². The standard InChI is InChI=1S/2C16H17N5O.C13H17N.C11H13N5.C7H9N.C7H12O3.C3H6O.C2H4N4.ClH/c2*1-8-5-6-12-11(4)18-15(19-13(12)7-8)21-16-17-10(3)9(2)14(22)20-16;1-9-5-6-11-10(2)8-13(3,4)14-12(11)7-9;1-6-3-4-8-7(2)14-11(16-10(12)13)15-9(8)5-6;1-6-3-2-4-7(8)5-6;1-4-10-7(9)5(2)6(3)8;1-3(2)4;3-1-6-2(4)5;/h2*5-7H,1-4H3,(H2,17,18,19,20,21,22);5-8,14H,1-4H3;3-5H,1-2H3,(H4,12,13,14,15,16);2-5H,8H2,1H3;5H,4H2,1-3H3;1-2H3;(H4,4,5,6);1H. The largest absolute Gasteiger partial charge is 0.465 e. The molecule has 6 heterocycles. The van der Waals surface area contributed by atoms with Gasteiger partial charge in [0, 0.05) is 55.6 Å². The maximum Gasteiger partial charge on any atom is 0.316 e. The highest BCUT2D eigenvalue weighted by atomic mass is 35.5. The van der Waals surface area contributed by atoms with Crippen molar-refractivity contribution < 1.29 is 19.1 Å². The number of halogens is 1. The number of nitrogens with two attached hydrogens (primary N) is 5. The summed E-state index contributed by atoms with van der Waals surface area (Å²) in [6, 6.07) is 32.5. The molecule has 5 aromatic heterocycles. The SMILES string of the molecule is CC(C)=O.CC1=CC(C)(C)Nc2cc(C)ccc21.CCOC(=O)C(C)C(C)=O.Cc1ccc2c(C)nc(N=C(N)N)nc2c1.Cc1ccc2c(C)nc(Nc3nc(C)c(C)c(=O)[nH]3)nc2c1.Cc1ccc2c(C)nc(Nc3nc(C)c(C)c(=O)[nH]3)nc2c1.Cc1cccc(N)c1.Cl.N#CN=C(N)N. The van der Waals surface area contributed by atoms with E-state index in [9.17, 15) is 24.0 Å². The number of anilines is 6. The number of Topliss-reactive ketones (excluding diaryl/α,β-unsaturated/α-hetero) is 2. The van der Waals surface area contributed by atoms with Gasteiger partial charge >= 0.3 is 5.97 Å². The van der Waals surface area contributed by atoms with Crippen LogP contribution in [0, 0.1) is 100 Å². The Morgan fingerprint density at radius 2 is 0.990 bits per heavy atom. The van der Waals surface area contributed by atoms with Crippen molar-refractivity contribution in [2.45, 2.75) is 144 Å². The van der Waals surface area contributed by atoms with Gasteiger partial charge in [0.2, 0.25) is 35.9 Å². The van der Waals surface area contributed by atoms with Crippen molar-refractivity contribution in [1.29, 1.82) is 5.26 Å². The fourth-order valence-electron chi connectivity index (χ4n) is 9.35. The number of nitrogen functional groups attached to an aromatic ring is 1. The average molecular weight is 1420 g/mol. The number of nitrogens with zero attached hydrogens (tertiary/aromatic N) is 11. The molecule has 1 unspecified atom stereocenters. The predicted molar refractivity (Wildman–Crippen MR) is 417 cm³/mol. The molecule has 28 heteroatoms. The second-order valence-electron chi connectivity index (χ2n) is 24.7. The van der Waals surface area contributed by atoms with Crippen molar-refractivity contribution in [1.82, 2.24) is 49.8 Å². The van der Waals surface area contributed by atoms with Gasteiger partial charge < -0.3 is 43.5 Å². The molecule has 11 rings (SSSR count). The molecule has 0 fully saturated rings. The van der Waals surface area contributed by atoms with Gasteiger partial charge in [0.15, 0.2) is 5.96 Å². The van der Waals surface area contributed by atoms with Gasteiger partial charge in [-0.1, -0.05) is 66.7 Å². The topological polar surface area (TPSA) is 444 Å². The van der Waals surface area contributed by atoms with Crippen molar-refractivity contribution in [2.75, 3.05) is 28.3 Å². The number of nitriles is 1. The fraction of sp³-hybridized carbons (Fsp3) is 0.307. The number of aliphatic imine (C=N–C) groups is 2. The number of carbonyl (C=O) groups is 3. The molecule has 5 aromatic carbocycles. The van der Waals surface area contributed by atoms with Crippen molar-refractivity contribution in [3.8, 4) is 6.19 Å². The van der Waals surface area contributed by atoms with Crippen molar-refractivity contribution in [2.24, 2.45) is 38.8 Å². The van der Waals surface area contributed by atoms with Gasteiger partial charge in [0.25, 0.3) is 17.1 Å². The second-order valence-corrected chi connectivity index (χ2v) is 24.7. The number of allylic oxidation sites excluding steroid dienone is 1. The summed E-state index contributed by atoms with van der Waals surface area (Å²) in [4.78, 5) is 101. The Balaban J connectivity index is 0.000000320. The Bertz CT molecular complexity index is 4740. The van der Waals surface area contributed by atoms with E-state index in [2.05, 4.69) is 132 Å². The number of aromatic amines is 2. The Labute approximate surface area is 606 Å². The summed E-state index contributed by atoms with van der Waals surface area (Å²) in [6.45, 7) is 37.6. The van der Waals surface area contributed by atoms with E-state index in [0.717, 1.165) is 72.2 Å². The van der Waals surface area contributed by atoms with E-state index >= 15 is 0 Å². The number of ketones is 2. The molecule has 27 nitrogen and oxygen atoms in total. The molecule has 544 valence electrons. The van der Waals surface area contributed by atoms with Gasteiger partial charge in [0.05, 0.1) is 45.8 Å². The second kappa shape index (κ2) is 39.7. The van der Waals surface area contributed by atoms with Crippen LogP contribution in [0.1, 0.15) is 128 Å². The molecule has 0 saturated heterocycles. The zero-order valence-electron chi connectivity index (χ0n) is 62.3. The van der Waals surface area contributed by atoms with Crippen LogP contribution in [0.15, 0.2) is 123 Å². The van der Waals surface area contributed by atoms with E-state index in [-0.39, 0.29) is 52.6 Å². The van der Waals surface area contributed by atoms with Crippen LogP contribution in [0.25, 0.3) is 38.3 Å². The summed E-state index contributed by atoms with van der Waals surface area (Å²) in [5.74, 6) is 0.566. The maximum atomic E-state index is 11.8. The van der Waals surface area contributed by atoms with Gasteiger partial charge in [-0.3, -0.25) is 39.8 Å². The average Bonchev–Trinajstić information content (AvgIpc) is 0.810. The number of hydrogen-bond acceptors (Lipinski definition) is 21. The summed E-state index contributed by atoms with van der Waals surface area (Å²) < 4.78 is 4.61. The molecule has 103 heavy (non-hydrogen) atoms. The molecule has 15 N–H and O–H groups in total. The zero-order chi connectivity index (χ0) is 76.5. The molecule has 0 saturated carbocycles. The minimum Gasteiger partial charge on any atom is -0.465 e. The molecule has 1 aliphatic rings. The normalized spacial score (nSPS) is 11.2. The third-order valence-electron chi connectivity index (χ3n) is 14.7. The molecule has 1 aliphatic heterocycles. The van der Waals surface area contributed by atoms with Crippen LogP contribution in [-0.4, -0.2) is 91.4 Å². The van der Waals surface area contributed by atoms with Crippen LogP contribution >= 0.6 is 12.4 Å². The molecule has 0 aliphatic carbocycles. The molecule has 10 aromatic rings. The van der Waals surface area contributed by atoms with E-state index in [1.807, 2.05) is 127 Å². The number of benzene rings is 5. The summed E-state index contributed by atoms with van der Waals surface area (Å²) in [5.41, 5.74) is 43.7. The maximum absolute atomic E-state index is 11.8. The van der Waals surface area contributed by atoms with E-state index in [1.165, 1.54) is 54.9 Å². The lowest BCUT2D eigenvalue weighted by atomic mass is 9.91. The summed E-state index contributed by atoms with van der Waals surface area (Å²) in [7, 11) is 0. The van der Waals surface area contributed by atoms with E-state index < -0.39 is 11.9 Å². The number of nitrogens with one attached hydrogen (secondary N) is 5. The minimum atomic E-state index is -0.611. The number of aryl methyl sites for hydroxylation is 10. The first-order chi connectivity index (χ1) is 47.8. The highest BCUT2D eigenvalue weighted by Gasteiger charge is 2.22. The number of ether oxygens (including phenoxy) is 1. The molecule has 0 spiro atoms. The number of fused-ring (bicyclic) bond motifs is 4. The number of guanidine groups is 2. The van der Waals surface area contributed by atoms with Gasteiger partial charge in [0.1, 0.15) is 17.5 Å². The lowest BCUT2D eigenvalue weighted by molar-refractivity contribution is -0.150. The number of H-pyrrole nitrogens is 2. The Morgan fingerprint density at radius 1 is 0.573 bits per heavy atom. The summed E-state index contributed by atoms with van der Waals surface area (Å²) in [6.07, 6.45) is 3.69. The van der Waals surface area contributed by atoms with Crippen molar-refractivity contribution in [3.63, 3.8) is 0 Å². The Hall–Kier alpha value is -12.1. The van der Waals surface area contributed by atoms with Crippen LogP contribution < -0.4 is 55.7 Å². The molecule has 1 atom stereocenters. The smallest absolute Gasteiger partial charge is 0.316 e. The van der Waals surface area contributed by atoms with Gasteiger partial charge in [-0.2, -0.15) is 10.3 Å². The van der Waals surface area contributed by atoms with Gasteiger partial charge in [-0.15, -0.1) is 17.4 Å². The lowest BCUT2D eigenvalue weighted by Gasteiger charge is -2.31. The molecule has 0 amide bonds. The van der Waals surface area contributed by atoms with E-state index in [4.69, 9.17) is 33.9 Å². The summed E-state index contributed by atoms with van der Waals surface area (Å²) >= 11 is 0. The minimum absolute atomic E-state index is 0. The molecule has 0 radical (unpaired) electrons. The third-order valence-corrected chi connectivity index (χ3v) is 14.7. The van der Waals surface area contributed by atoms with E-state index in [0.29, 0.717) is 58.9 Å². The number of esters is 1. The Kier molecular flexibility index (Phi) is 32.8. The quantitative estimate of drug-likeness (QED) is 0.0169. The van der Waals surface area contributed by atoms with E-state index in [1.54, 1.807) is 41.5 Å². The summed E-state index contributed by atoms with van der Waals surface area (Å²) in [5, 5.41) is 20.2. The first kappa shape index (κ1) is 85.2. The van der Waals surface area contributed by atoms with Crippen LogP contribution in [0.4, 0.5) is 41.1 Å². The van der Waals surface area contributed by atoms with Crippen LogP contribution in [0.2, 0.25) is 0 Å². The monoisotopic (exact) mass is 1420 g/mol. The Morgan fingerprint density at radius 3 is 1.36 bits per heavy atom. The fourth-order valence-corrected chi connectivity index (χ4v) is 9.35.